The second-order valence-corrected chi connectivity index (χ2v) is 6.72. The van der Waals surface area contributed by atoms with Crippen LogP contribution in [0.5, 0.6) is 0 Å². The van der Waals surface area contributed by atoms with E-state index in [2.05, 4.69) is 16.4 Å². The third-order valence-corrected chi connectivity index (χ3v) is 4.40. The van der Waals surface area contributed by atoms with Crippen molar-refractivity contribution in [3.63, 3.8) is 0 Å². The van der Waals surface area contributed by atoms with E-state index in [4.69, 9.17) is 0 Å². The first-order chi connectivity index (χ1) is 13.6. The van der Waals surface area contributed by atoms with Crippen LogP contribution in [-0.2, 0) is 6.54 Å². The van der Waals surface area contributed by atoms with Gasteiger partial charge in [-0.25, -0.2) is 4.98 Å². The molecule has 1 aromatic heterocycles. The molecule has 3 rings (SSSR count). The highest BCUT2D eigenvalue weighted by Gasteiger charge is 2.19. The molecule has 2 aromatic carbocycles. The van der Waals surface area contributed by atoms with Crippen molar-refractivity contribution in [2.75, 3.05) is 5.32 Å². The quantitative estimate of drug-likeness (QED) is 0.680. The normalized spacial score (nSPS) is 10.4. The molecule has 1 amide bonds. The van der Waals surface area contributed by atoms with Crippen molar-refractivity contribution in [2.45, 2.75) is 26.4 Å². The van der Waals surface area contributed by atoms with Gasteiger partial charge in [-0.1, -0.05) is 42.5 Å². The fourth-order valence-corrected chi connectivity index (χ4v) is 2.89. The van der Waals surface area contributed by atoms with Gasteiger partial charge in [0.25, 0.3) is 5.91 Å². The van der Waals surface area contributed by atoms with E-state index >= 15 is 0 Å². The van der Waals surface area contributed by atoms with Crippen LogP contribution in [0, 0.1) is 11.3 Å². The van der Waals surface area contributed by atoms with Crippen molar-refractivity contribution in [1.29, 1.82) is 5.26 Å². The summed E-state index contributed by atoms with van der Waals surface area (Å²) in [4.78, 5) is 19.3. The molecular weight excluding hydrogens is 348 g/mol. The third kappa shape index (κ3) is 4.54. The lowest BCUT2D eigenvalue weighted by Crippen LogP contribution is -2.36. The average molecular weight is 370 g/mol. The summed E-state index contributed by atoms with van der Waals surface area (Å²) in [6.45, 7) is 4.55. The van der Waals surface area contributed by atoms with Crippen molar-refractivity contribution in [2.24, 2.45) is 0 Å². The molecule has 0 aliphatic heterocycles. The van der Waals surface area contributed by atoms with Gasteiger partial charge in [-0.15, -0.1) is 0 Å². The Morgan fingerprint density at radius 1 is 1.11 bits per heavy atom. The molecule has 3 aromatic rings. The molecule has 5 nitrogen and oxygen atoms in total. The summed E-state index contributed by atoms with van der Waals surface area (Å²) in [7, 11) is 0. The zero-order valence-corrected chi connectivity index (χ0v) is 16.0. The number of carbonyl (C=O) groups excluding carboxylic acids is 1. The number of carbonyl (C=O) groups is 1. The largest absolute Gasteiger partial charge is 0.339 e. The van der Waals surface area contributed by atoms with Crippen molar-refractivity contribution in [3.8, 4) is 6.07 Å². The number of nitrogens with one attached hydrogen (secondary N) is 1. The molecule has 0 unspecified atom stereocenters. The Bertz CT molecular complexity index is 993. The van der Waals surface area contributed by atoms with Gasteiger partial charge < -0.3 is 10.2 Å². The number of nitriles is 1. The number of hydrogen-bond acceptors (Lipinski definition) is 4. The van der Waals surface area contributed by atoms with Crippen LogP contribution in [0.1, 0.15) is 35.3 Å². The van der Waals surface area contributed by atoms with Crippen molar-refractivity contribution in [3.05, 3.63) is 89.6 Å². The molecule has 0 spiro atoms. The molecule has 28 heavy (non-hydrogen) atoms. The Balaban J connectivity index is 1.83. The summed E-state index contributed by atoms with van der Waals surface area (Å²) in [5.41, 5.74) is 2.82. The van der Waals surface area contributed by atoms with E-state index in [9.17, 15) is 10.1 Å². The zero-order chi connectivity index (χ0) is 19.9. The predicted octanol–water partition coefficient (Wildman–Crippen LogP) is 4.75. The number of nitrogens with zero attached hydrogens (tertiary/aromatic N) is 3. The summed E-state index contributed by atoms with van der Waals surface area (Å²) in [5, 5.41) is 12.4. The van der Waals surface area contributed by atoms with Gasteiger partial charge in [0.1, 0.15) is 11.9 Å². The van der Waals surface area contributed by atoms with Crippen molar-refractivity contribution < 1.29 is 4.79 Å². The Labute approximate surface area is 165 Å². The van der Waals surface area contributed by atoms with Gasteiger partial charge in [0.05, 0.1) is 11.3 Å². The number of rotatable bonds is 6. The molecule has 0 aliphatic carbocycles. The first-order valence-electron chi connectivity index (χ1n) is 9.15. The Morgan fingerprint density at radius 3 is 2.54 bits per heavy atom. The fourth-order valence-electron chi connectivity index (χ4n) is 2.89. The SMILES string of the molecule is CC(C)N(Cc1ccccc1)C(=O)c1ccnc(Nc2ccccc2C#N)c1. The van der Waals surface area contributed by atoms with Gasteiger partial charge in [-0.2, -0.15) is 5.26 Å². The topological polar surface area (TPSA) is 69.0 Å². The molecule has 0 radical (unpaired) electrons. The minimum atomic E-state index is -0.0575. The Hall–Kier alpha value is -3.65. The zero-order valence-electron chi connectivity index (χ0n) is 16.0. The lowest BCUT2D eigenvalue weighted by Gasteiger charge is -2.27. The molecule has 0 fully saturated rings. The first-order valence-corrected chi connectivity index (χ1v) is 9.15. The van der Waals surface area contributed by atoms with Crippen LogP contribution in [0.4, 0.5) is 11.5 Å². The second kappa shape index (κ2) is 8.83. The fraction of sp³-hybridized carbons (Fsp3) is 0.174. The second-order valence-electron chi connectivity index (χ2n) is 6.72. The van der Waals surface area contributed by atoms with Gasteiger partial charge in [-0.05, 0) is 43.7 Å². The van der Waals surface area contributed by atoms with Crippen LogP contribution >= 0.6 is 0 Å². The van der Waals surface area contributed by atoms with Crippen LogP contribution in [0.3, 0.4) is 0 Å². The molecule has 0 saturated carbocycles. The van der Waals surface area contributed by atoms with E-state index in [-0.39, 0.29) is 11.9 Å². The van der Waals surface area contributed by atoms with E-state index < -0.39 is 0 Å². The number of benzene rings is 2. The minimum absolute atomic E-state index is 0.0524. The number of hydrogen-bond donors (Lipinski definition) is 1. The summed E-state index contributed by atoms with van der Waals surface area (Å²) in [6, 6.07) is 22.8. The first kappa shape index (κ1) is 19.1. The van der Waals surface area contributed by atoms with Crippen LogP contribution in [0.2, 0.25) is 0 Å². The van der Waals surface area contributed by atoms with E-state index in [1.54, 1.807) is 30.5 Å². The molecule has 0 aliphatic rings. The van der Waals surface area contributed by atoms with Crippen LogP contribution in [0.15, 0.2) is 72.9 Å². The van der Waals surface area contributed by atoms with E-state index in [0.29, 0.717) is 29.2 Å². The summed E-state index contributed by atoms with van der Waals surface area (Å²) in [6.07, 6.45) is 1.60. The van der Waals surface area contributed by atoms with E-state index in [1.165, 1.54) is 0 Å². The Morgan fingerprint density at radius 2 is 1.82 bits per heavy atom. The molecule has 140 valence electrons. The van der Waals surface area contributed by atoms with E-state index in [1.807, 2.05) is 61.2 Å². The highest BCUT2D eigenvalue weighted by molar-refractivity contribution is 5.95. The lowest BCUT2D eigenvalue weighted by molar-refractivity contribution is 0.0690. The maximum Gasteiger partial charge on any atom is 0.254 e. The number of amides is 1. The highest BCUT2D eigenvalue weighted by Crippen LogP contribution is 2.21. The standard InChI is InChI=1S/C23H22N4O/c1-17(2)27(16-18-8-4-3-5-9-18)23(28)19-12-13-25-22(14-19)26-21-11-7-6-10-20(21)15-24/h3-14,17H,16H2,1-2H3,(H,25,26). The minimum Gasteiger partial charge on any atom is -0.339 e. The van der Waals surface area contributed by atoms with Gasteiger partial charge in [0.15, 0.2) is 0 Å². The summed E-state index contributed by atoms with van der Waals surface area (Å²) < 4.78 is 0. The van der Waals surface area contributed by atoms with Gasteiger partial charge in [0.2, 0.25) is 0 Å². The Kier molecular flexibility index (Phi) is 6.03. The molecule has 1 heterocycles. The molecule has 1 N–H and O–H groups in total. The van der Waals surface area contributed by atoms with Crippen LogP contribution < -0.4 is 5.32 Å². The van der Waals surface area contributed by atoms with Gasteiger partial charge in [-0.3, -0.25) is 4.79 Å². The predicted molar refractivity (Wildman–Crippen MR) is 110 cm³/mol. The number of pyridine rings is 1. The van der Waals surface area contributed by atoms with Gasteiger partial charge in [0, 0.05) is 24.3 Å². The monoisotopic (exact) mass is 370 g/mol. The number of para-hydroxylation sites is 1. The summed E-state index contributed by atoms with van der Waals surface area (Å²) >= 11 is 0. The molecule has 0 bridgehead atoms. The molecule has 5 heteroatoms. The lowest BCUT2D eigenvalue weighted by atomic mass is 10.1. The maximum atomic E-state index is 13.1. The number of aromatic nitrogens is 1. The van der Waals surface area contributed by atoms with Crippen molar-refractivity contribution in [1.82, 2.24) is 9.88 Å². The average Bonchev–Trinajstić information content (AvgIpc) is 2.72. The van der Waals surface area contributed by atoms with Crippen LogP contribution in [-0.4, -0.2) is 21.8 Å². The third-order valence-electron chi connectivity index (χ3n) is 4.40. The smallest absolute Gasteiger partial charge is 0.254 e. The molecule has 0 atom stereocenters. The molecule has 0 saturated heterocycles. The molecular formula is C23H22N4O. The summed E-state index contributed by atoms with van der Waals surface area (Å²) in [5.74, 6) is 0.467. The highest BCUT2D eigenvalue weighted by atomic mass is 16.2. The van der Waals surface area contributed by atoms with Crippen molar-refractivity contribution >= 4 is 17.4 Å². The van der Waals surface area contributed by atoms with Gasteiger partial charge >= 0.3 is 0 Å². The maximum absolute atomic E-state index is 13.1. The van der Waals surface area contributed by atoms with Crippen LogP contribution in [0.25, 0.3) is 0 Å². The number of anilines is 2. The van der Waals surface area contributed by atoms with E-state index in [0.717, 1.165) is 5.56 Å².